The minimum atomic E-state index is -0.527. The van der Waals surface area contributed by atoms with E-state index in [2.05, 4.69) is 10.1 Å². The molecule has 1 amide bonds. The third kappa shape index (κ3) is 3.62. The monoisotopic (exact) mass is 389 g/mol. The summed E-state index contributed by atoms with van der Waals surface area (Å²) in [6.45, 7) is 2.18. The second-order valence-corrected chi connectivity index (χ2v) is 6.41. The van der Waals surface area contributed by atoms with Crippen molar-refractivity contribution in [2.24, 2.45) is 4.99 Å². The lowest BCUT2D eigenvalue weighted by atomic mass is 10.3. The summed E-state index contributed by atoms with van der Waals surface area (Å²) in [5, 5.41) is 15.0. The molecule has 2 aromatic heterocycles. The molecule has 0 bridgehead atoms. The van der Waals surface area contributed by atoms with Gasteiger partial charge in [0.25, 0.3) is 11.6 Å². The number of nitro benzene ring substituents is 1. The Kier molecular flexibility index (Phi) is 5.12. The average Bonchev–Trinajstić information content (AvgIpc) is 3.26. The van der Waals surface area contributed by atoms with Gasteiger partial charge in [-0.1, -0.05) is 11.3 Å². The van der Waals surface area contributed by atoms with Gasteiger partial charge in [-0.25, -0.2) is 0 Å². The number of fused-ring (bicyclic) bond motifs is 1. The average molecular weight is 389 g/mol. The van der Waals surface area contributed by atoms with Crippen molar-refractivity contribution in [1.82, 2.24) is 14.3 Å². The van der Waals surface area contributed by atoms with Crippen LogP contribution in [0.25, 0.3) is 10.2 Å². The highest BCUT2D eigenvalue weighted by molar-refractivity contribution is 7.16. The number of esters is 1. The number of hydrogen-bond acceptors (Lipinski definition) is 7. The second-order valence-electron chi connectivity index (χ2n) is 5.41. The molecule has 0 atom stereocenters. The first-order valence-corrected chi connectivity index (χ1v) is 8.71. The van der Waals surface area contributed by atoms with E-state index in [0.29, 0.717) is 22.5 Å². The first-order valence-electron chi connectivity index (χ1n) is 7.90. The van der Waals surface area contributed by atoms with E-state index in [0.717, 1.165) is 11.3 Å². The van der Waals surface area contributed by atoms with E-state index in [1.165, 1.54) is 40.8 Å². The molecule has 0 N–H and O–H groups in total. The summed E-state index contributed by atoms with van der Waals surface area (Å²) in [6, 6.07) is 5.79. The van der Waals surface area contributed by atoms with Gasteiger partial charge in [0.05, 0.1) is 22.2 Å². The lowest BCUT2D eigenvalue weighted by Crippen LogP contribution is -2.23. The Hall–Kier alpha value is -3.34. The molecule has 1 aromatic carbocycles. The van der Waals surface area contributed by atoms with Crippen LogP contribution in [0, 0.1) is 10.1 Å². The fraction of sp³-hybridized carbons (Fsp3) is 0.250. The van der Waals surface area contributed by atoms with Gasteiger partial charge in [0, 0.05) is 24.9 Å². The third-order valence-electron chi connectivity index (χ3n) is 3.82. The van der Waals surface area contributed by atoms with Crippen molar-refractivity contribution in [2.75, 3.05) is 7.11 Å². The molecule has 27 heavy (non-hydrogen) atoms. The van der Waals surface area contributed by atoms with E-state index in [4.69, 9.17) is 4.74 Å². The number of rotatable bonds is 5. The fourth-order valence-electron chi connectivity index (χ4n) is 2.52. The number of non-ortho nitro benzene ring substituents is 1. The number of carbonyl (C=O) groups excluding carboxylic acids is 2. The van der Waals surface area contributed by atoms with Gasteiger partial charge < -0.3 is 9.30 Å². The van der Waals surface area contributed by atoms with Crippen molar-refractivity contribution >= 4 is 39.1 Å². The predicted octanol–water partition coefficient (Wildman–Crippen LogP) is 1.74. The molecule has 3 aromatic rings. The van der Waals surface area contributed by atoms with Crippen LogP contribution in [0.2, 0.25) is 0 Å². The highest BCUT2D eigenvalue weighted by atomic mass is 32.1. The standard InChI is InChI=1S/C16H15N5O5S/c1-3-20-12(6-7-17-20)15(23)18-16-19(9-14(22)26-2)11-5-4-10(21(24)25)8-13(11)27-16/h4-8H,3,9H2,1-2H3. The van der Waals surface area contributed by atoms with Crippen LogP contribution >= 0.6 is 11.3 Å². The topological polar surface area (TPSA) is 122 Å². The number of nitrogens with zero attached hydrogens (tertiary/aromatic N) is 5. The zero-order valence-corrected chi connectivity index (χ0v) is 15.3. The Labute approximate surface area is 156 Å². The lowest BCUT2D eigenvalue weighted by molar-refractivity contribution is -0.384. The van der Waals surface area contributed by atoms with Crippen molar-refractivity contribution in [1.29, 1.82) is 0 Å². The van der Waals surface area contributed by atoms with E-state index in [9.17, 15) is 19.7 Å². The fourth-order valence-corrected chi connectivity index (χ4v) is 3.58. The molecule has 0 fully saturated rings. The van der Waals surface area contributed by atoms with Crippen molar-refractivity contribution in [3.05, 3.63) is 51.1 Å². The second kappa shape index (κ2) is 7.50. The number of thiazole rings is 1. The molecular formula is C16H15N5O5S. The molecule has 0 aliphatic rings. The number of ether oxygens (including phenoxy) is 1. The summed E-state index contributed by atoms with van der Waals surface area (Å²) in [7, 11) is 1.25. The first-order chi connectivity index (χ1) is 12.9. The summed E-state index contributed by atoms with van der Waals surface area (Å²) in [4.78, 5) is 39.2. The van der Waals surface area contributed by atoms with E-state index >= 15 is 0 Å². The number of amides is 1. The van der Waals surface area contributed by atoms with Gasteiger partial charge in [0.15, 0.2) is 4.80 Å². The quantitative estimate of drug-likeness (QED) is 0.372. The normalized spacial score (nSPS) is 11.7. The first kappa shape index (κ1) is 18.5. The predicted molar refractivity (Wildman–Crippen MR) is 96.3 cm³/mol. The Bertz CT molecular complexity index is 1110. The molecule has 10 nitrogen and oxygen atoms in total. The Morgan fingerprint density at radius 1 is 1.37 bits per heavy atom. The smallest absolute Gasteiger partial charge is 0.325 e. The maximum absolute atomic E-state index is 12.6. The maximum Gasteiger partial charge on any atom is 0.325 e. The minimum Gasteiger partial charge on any atom is -0.468 e. The molecule has 0 saturated heterocycles. The SMILES string of the molecule is CCn1nccc1C(=O)N=c1sc2cc([N+](=O)[O-])ccc2n1CC(=O)OC. The molecule has 0 aliphatic heterocycles. The number of nitro groups is 1. The number of benzene rings is 1. The molecule has 3 rings (SSSR count). The highest BCUT2D eigenvalue weighted by Crippen LogP contribution is 2.23. The van der Waals surface area contributed by atoms with Crippen LogP contribution in [-0.2, 0) is 22.6 Å². The van der Waals surface area contributed by atoms with Crippen LogP contribution in [0.5, 0.6) is 0 Å². The number of methoxy groups -OCH3 is 1. The summed E-state index contributed by atoms with van der Waals surface area (Å²) in [5.74, 6) is -1.05. The minimum absolute atomic E-state index is 0.0871. The van der Waals surface area contributed by atoms with E-state index in [1.807, 2.05) is 6.92 Å². The van der Waals surface area contributed by atoms with E-state index in [-0.39, 0.29) is 17.0 Å². The van der Waals surface area contributed by atoms with Crippen LogP contribution in [-0.4, -0.2) is 38.3 Å². The van der Waals surface area contributed by atoms with Gasteiger partial charge in [-0.2, -0.15) is 10.1 Å². The van der Waals surface area contributed by atoms with Crippen LogP contribution in [0.3, 0.4) is 0 Å². The Morgan fingerprint density at radius 3 is 2.81 bits per heavy atom. The largest absolute Gasteiger partial charge is 0.468 e. The molecule has 0 aliphatic carbocycles. The van der Waals surface area contributed by atoms with Gasteiger partial charge in [0.2, 0.25) is 0 Å². The van der Waals surface area contributed by atoms with Gasteiger partial charge in [-0.15, -0.1) is 0 Å². The third-order valence-corrected chi connectivity index (χ3v) is 4.87. The van der Waals surface area contributed by atoms with Gasteiger partial charge in [-0.3, -0.25) is 24.4 Å². The van der Waals surface area contributed by atoms with Gasteiger partial charge >= 0.3 is 5.97 Å². The number of carbonyl (C=O) groups is 2. The summed E-state index contributed by atoms with van der Waals surface area (Å²) >= 11 is 1.08. The van der Waals surface area contributed by atoms with Crippen molar-refractivity contribution in [2.45, 2.75) is 20.0 Å². The Balaban J connectivity index is 2.17. The van der Waals surface area contributed by atoms with Crippen LogP contribution in [0.1, 0.15) is 17.4 Å². The van der Waals surface area contributed by atoms with Crippen LogP contribution in [0.4, 0.5) is 5.69 Å². The summed E-state index contributed by atoms with van der Waals surface area (Å²) in [5.41, 5.74) is 0.771. The molecule has 0 unspecified atom stereocenters. The van der Waals surface area contributed by atoms with Crippen LogP contribution < -0.4 is 4.80 Å². The molecule has 11 heteroatoms. The number of aromatic nitrogens is 3. The van der Waals surface area contributed by atoms with Crippen LogP contribution in [0.15, 0.2) is 35.5 Å². The zero-order valence-electron chi connectivity index (χ0n) is 14.5. The van der Waals surface area contributed by atoms with E-state index < -0.39 is 16.8 Å². The van der Waals surface area contributed by atoms with Gasteiger partial charge in [-0.05, 0) is 19.1 Å². The number of aryl methyl sites for hydroxylation is 1. The molecule has 0 radical (unpaired) electrons. The Morgan fingerprint density at radius 2 is 2.15 bits per heavy atom. The highest BCUT2D eigenvalue weighted by Gasteiger charge is 2.16. The summed E-state index contributed by atoms with van der Waals surface area (Å²) in [6.07, 6.45) is 1.50. The molecular weight excluding hydrogens is 374 g/mol. The maximum atomic E-state index is 12.6. The lowest BCUT2D eigenvalue weighted by Gasteiger charge is -2.04. The summed E-state index contributed by atoms with van der Waals surface area (Å²) < 4.78 is 8.24. The van der Waals surface area contributed by atoms with Gasteiger partial charge in [0.1, 0.15) is 12.2 Å². The molecule has 0 spiro atoms. The molecule has 0 saturated carbocycles. The molecule has 140 valence electrons. The van der Waals surface area contributed by atoms with Crippen molar-refractivity contribution in [3.63, 3.8) is 0 Å². The van der Waals surface area contributed by atoms with E-state index in [1.54, 1.807) is 6.07 Å². The number of hydrogen-bond donors (Lipinski definition) is 0. The molecule has 2 heterocycles. The van der Waals surface area contributed by atoms with Crippen molar-refractivity contribution in [3.8, 4) is 0 Å². The van der Waals surface area contributed by atoms with Crippen molar-refractivity contribution < 1.29 is 19.2 Å². The zero-order chi connectivity index (χ0) is 19.6.